The second kappa shape index (κ2) is 7.21. The van der Waals surface area contributed by atoms with Gasteiger partial charge in [-0.25, -0.2) is 8.42 Å². The quantitative estimate of drug-likeness (QED) is 0.743. The number of carbonyl (C=O) groups is 1. The summed E-state index contributed by atoms with van der Waals surface area (Å²) in [4.78, 5) is 19.6. The number of amides is 1. The number of nitrogens with zero attached hydrogens (tertiary/aromatic N) is 4. The molecule has 0 bridgehead atoms. The summed E-state index contributed by atoms with van der Waals surface area (Å²) in [5, 5.41) is 4.07. The van der Waals surface area contributed by atoms with Crippen molar-refractivity contribution >= 4 is 15.9 Å². The largest absolute Gasteiger partial charge is 0.337 e. The average Bonchev–Trinajstić information content (AvgIpc) is 3.17. The lowest BCUT2D eigenvalue weighted by Crippen LogP contribution is -2.31. The van der Waals surface area contributed by atoms with Crippen molar-refractivity contribution in [2.75, 3.05) is 19.6 Å². The summed E-state index contributed by atoms with van der Waals surface area (Å²) in [5.74, 6) is 1.52. The first kappa shape index (κ1) is 18.7. The van der Waals surface area contributed by atoms with Crippen molar-refractivity contribution in [1.82, 2.24) is 19.3 Å². The van der Waals surface area contributed by atoms with Crippen molar-refractivity contribution in [3.63, 3.8) is 0 Å². The van der Waals surface area contributed by atoms with E-state index in [1.54, 1.807) is 17.0 Å². The van der Waals surface area contributed by atoms with Crippen LogP contribution in [0.2, 0.25) is 0 Å². The number of carbonyl (C=O) groups excluding carboxylic acids is 1. The molecule has 154 valence electrons. The van der Waals surface area contributed by atoms with Gasteiger partial charge in [-0.05, 0) is 62.8 Å². The molecule has 3 heterocycles. The summed E-state index contributed by atoms with van der Waals surface area (Å²) in [6.45, 7) is 1.75. The van der Waals surface area contributed by atoms with Crippen LogP contribution >= 0.6 is 0 Å². The zero-order valence-electron chi connectivity index (χ0n) is 16.2. The van der Waals surface area contributed by atoms with E-state index in [0.717, 1.165) is 44.3 Å². The summed E-state index contributed by atoms with van der Waals surface area (Å²) in [6, 6.07) is 6.05. The minimum absolute atomic E-state index is 0.135. The molecule has 3 aliphatic rings. The molecule has 5 rings (SSSR count). The number of hydrogen-bond acceptors (Lipinski definition) is 6. The third-order valence-corrected chi connectivity index (χ3v) is 7.92. The lowest BCUT2D eigenvalue weighted by atomic mass is 10.1. The maximum atomic E-state index is 13.1. The Bertz CT molecular complexity index is 1010. The maximum Gasteiger partial charge on any atom is 0.254 e. The summed E-state index contributed by atoms with van der Waals surface area (Å²) >= 11 is 0. The Kier molecular flexibility index (Phi) is 4.66. The van der Waals surface area contributed by atoms with Gasteiger partial charge < -0.3 is 9.42 Å². The van der Waals surface area contributed by atoms with Crippen LogP contribution in [-0.4, -0.2) is 53.3 Å². The van der Waals surface area contributed by atoms with Crippen LogP contribution in [0.3, 0.4) is 0 Å². The number of benzene rings is 1. The fraction of sp³-hybridized carbons (Fsp3) is 0.550. The third-order valence-electron chi connectivity index (χ3n) is 6.00. The predicted octanol–water partition coefficient (Wildman–Crippen LogP) is 2.71. The van der Waals surface area contributed by atoms with E-state index in [9.17, 15) is 13.2 Å². The van der Waals surface area contributed by atoms with Crippen LogP contribution in [0.4, 0.5) is 0 Å². The number of hydrogen-bond donors (Lipinski definition) is 0. The first-order valence-corrected chi connectivity index (χ1v) is 11.7. The Morgan fingerprint density at radius 3 is 2.41 bits per heavy atom. The Balaban J connectivity index is 1.34. The van der Waals surface area contributed by atoms with Crippen LogP contribution in [0.15, 0.2) is 33.7 Å². The van der Waals surface area contributed by atoms with Crippen LogP contribution in [0, 0.1) is 0 Å². The van der Waals surface area contributed by atoms with Gasteiger partial charge >= 0.3 is 0 Å². The monoisotopic (exact) mass is 416 g/mol. The Hall–Kier alpha value is -2.26. The number of aromatic nitrogens is 2. The average molecular weight is 417 g/mol. The lowest BCUT2D eigenvalue weighted by molar-refractivity contribution is 0.0710. The minimum atomic E-state index is -3.48. The fourth-order valence-corrected chi connectivity index (χ4v) is 5.69. The molecule has 1 aliphatic carbocycles. The second-order valence-electron chi connectivity index (χ2n) is 8.06. The number of sulfonamides is 1. The number of likely N-dealkylation sites (tertiary alicyclic amines) is 1. The maximum absolute atomic E-state index is 13.1. The van der Waals surface area contributed by atoms with Gasteiger partial charge in [0.15, 0.2) is 5.82 Å². The van der Waals surface area contributed by atoms with E-state index in [-0.39, 0.29) is 16.8 Å². The van der Waals surface area contributed by atoms with Crippen LogP contribution in [0.25, 0.3) is 0 Å². The van der Waals surface area contributed by atoms with E-state index < -0.39 is 10.0 Å². The van der Waals surface area contributed by atoms with Gasteiger partial charge in [-0.2, -0.15) is 9.29 Å². The zero-order chi connectivity index (χ0) is 20.0. The van der Waals surface area contributed by atoms with Crippen molar-refractivity contribution in [2.45, 2.75) is 55.4 Å². The minimum Gasteiger partial charge on any atom is -0.337 e. The van der Waals surface area contributed by atoms with Gasteiger partial charge in [-0.1, -0.05) is 5.16 Å². The van der Waals surface area contributed by atoms with Crippen LogP contribution in [0.5, 0.6) is 0 Å². The highest BCUT2D eigenvalue weighted by Crippen LogP contribution is 2.40. The van der Waals surface area contributed by atoms with E-state index >= 15 is 0 Å². The summed E-state index contributed by atoms with van der Waals surface area (Å²) in [6.07, 6.45) is 5.64. The molecule has 1 aromatic heterocycles. The SMILES string of the molecule is O=C(c1ccc(S(=O)(=O)N2CCCC2)cc1)N1CCCC1c1nc(C2CC2)no1. The van der Waals surface area contributed by atoms with E-state index in [2.05, 4.69) is 10.1 Å². The van der Waals surface area contributed by atoms with Gasteiger partial charge in [0.1, 0.15) is 6.04 Å². The summed E-state index contributed by atoms with van der Waals surface area (Å²) < 4.78 is 32.3. The first-order valence-electron chi connectivity index (χ1n) is 10.3. The molecule has 29 heavy (non-hydrogen) atoms. The van der Waals surface area contributed by atoms with E-state index in [1.807, 2.05) is 0 Å². The standard InChI is InChI=1S/C20H24N4O4S/c25-20(15-7-9-16(10-8-15)29(26,27)23-11-1-2-12-23)24-13-3-4-17(24)19-21-18(22-28-19)14-5-6-14/h7-10,14,17H,1-6,11-13H2. The predicted molar refractivity (Wildman–Crippen MR) is 104 cm³/mol. The van der Waals surface area contributed by atoms with Crippen molar-refractivity contribution in [3.05, 3.63) is 41.5 Å². The van der Waals surface area contributed by atoms with Crippen molar-refractivity contribution in [1.29, 1.82) is 0 Å². The summed E-state index contributed by atoms with van der Waals surface area (Å²) in [7, 11) is -3.48. The van der Waals surface area contributed by atoms with Crippen LogP contribution in [0.1, 0.15) is 72.6 Å². The molecule has 2 aliphatic heterocycles. The van der Waals surface area contributed by atoms with E-state index in [1.165, 1.54) is 16.4 Å². The highest BCUT2D eigenvalue weighted by atomic mass is 32.2. The van der Waals surface area contributed by atoms with E-state index in [4.69, 9.17) is 4.52 Å². The highest BCUT2D eigenvalue weighted by molar-refractivity contribution is 7.89. The van der Waals surface area contributed by atoms with Gasteiger partial charge in [0.05, 0.1) is 4.90 Å². The molecule has 1 aromatic carbocycles. The van der Waals surface area contributed by atoms with Crippen molar-refractivity contribution in [2.24, 2.45) is 0 Å². The smallest absolute Gasteiger partial charge is 0.254 e. The normalized spacial score (nSPS) is 23.0. The topological polar surface area (TPSA) is 96.6 Å². The molecule has 2 saturated heterocycles. The van der Waals surface area contributed by atoms with Crippen molar-refractivity contribution < 1.29 is 17.7 Å². The third kappa shape index (κ3) is 3.46. The molecule has 8 nitrogen and oxygen atoms in total. The Morgan fingerprint density at radius 1 is 1.00 bits per heavy atom. The fourth-order valence-electron chi connectivity index (χ4n) is 4.17. The van der Waals surface area contributed by atoms with Crippen LogP contribution < -0.4 is 0 Å². The van der Waals surface area contributed by atoms with Gasteiger partial charge in [0.2, 0.25) is 15.9 Å². The molecular weight excluding hydrogens is 392 g/mol. The first-order chi connectivity index (χ1) is 14.0. The zero-order valence-corrected chi connectivity index (χ0v) is 17.0. The molecule has 9 heteroatoms. The lowest BCUT2D eigenvalue weighted by Gasteiger charge is -2.22. The van der Waals surface area contributed by atoms with Crippen molar-refractivity contribution in [3.8, 4) is 0 Å². The van der Waals surface area contributed by atoms with Gasteiger partial charge in [0, 0.05) is 31.1 Å². The molecule has 1 amide bonds. The Morgan fingerprint density at radius 2 is 1.72 bits per heavy atom. The molecule has 2 aromatic rings. The highest BCUT2D eigenvalue weighted by Gasteiger charge is 2.37. The molecule has 0 spiro atoms. The van der Waals surface area contributed by atoms with E-state index in [0.29, 0.717) is 37.0 Å². The molecular formula is C20H24N4O4S. The van der Waals surface area contributed by atoms with Gasteiger partial charge in [-0.15, -0.1) is 0 Å². The molecule has 0 radical (unpaired) electrons. The van der Waals surface area contributed by atoms with Gasteiger partial charge in [0.25, 0.3) is 5.91 Å². The Labute approximate surface area is 169 Å². The molecule has 1 unspecified atom stereocenters. The van der Waals surface area contributed by atoms with Gasteiger partial charge in [-0.3, -0.25) is 4.79 Å². The molecule has 3 fully saturated rings. The molecule has 1 saturated carbocycles. The summed E-state index contributed by atoms with van der Waals surface area (Å²) in [5.41, 5.74) is 0.471. The van der Waals surface area contributed by atoms with Crippen LogP contribution in [-0.2, 0) is 10.0 Å². The molecule has 0 N–H and O–H groups in total. The number of rotatable bonds is 5. The second-order valence-corrected chi connectivity index (χ2v) is 10.00. The molecule has 1 atom stereocenters.